The summed E-state index contributed by atoms with van der Waals surface area (Å²) in [4.78, 5) is 19.2. The molecule has 98 valence electrons. The van der Waals surface area contributed by atoms with Crippen molar-refractivity contribution in [2.75, 3.05) is 11.4 Å². The summed E-state index contributed by atoms with van der Waals surface area (Å²) < 4.78 is 0. The molecule has 0 unspecified atom stereocenters. The number of thiazole rings is 1. The Morgan fingerprint density at radius 1 is 1.39 bits per heavy atom. The van der Waals surface area contributed by atoms with Crippen molar-refractivity contribution in [1.29, 1.82) is 0 Å². The second kappa shape index (κ2) is 5.00. The van der Waals surface area contributed by atoms with Crippen molar-refractivity contribution >= 4 is 22.8 Å². The number of aldehydes is 1. The van der Waals surface area contributed by atoms with E-state index in [-0.39, 0.29) is 0 Å². The predicted molar refractivity (Wildman–Crippen MR) is 74.8 cm³/mol. The third-order valence-corrected chi connectivity index (χ3v) is 4.76. The molecule has 0 bridgehead atoms. The monoisotopic (exact) mass is 264 g/mol. The van der Waals surface area contributed by atoms with Gasteiger partial charge in [0.2, 0.25) is 0 Å². The van der Waals surface area contributed by atoms with Crippen LogP contribution in [0.1, 0.15) is 66.7 Å². The minimum Gasteiger partial charge on any atom is -0.345 e. The van der Waals surface area contributed by atoms with E-state index in [1.807, 2.05) is 0 Å². The third kappa shape index (κ3) is 2.44. The Labute approximate surface area is 112 Å². The van der Waals surface area contributed by atoms with Crippen LogP contribution >= 0.6 is 11.3 Å². The van der Waals surface area contributed by atoms with Gasteiger partial charge in [0, 0.05) is 18.5 Å². The fourth-order valence-electron chi connectivity index (χ4n) is 2.34. The molecule has 0 atom stereocenters. The summed E-state index contributed by atoms with van der Waals surface area (Å²) in [6.07, 6.45) is 8.43. The first-order chi connectivity index (χ1) is 8.83. The maximum atomic E-state index is 11.1. The van der Waals surface area contributed by atoms with E-state index in [2.05, 4.69) is 11.8 Å². The number of unbranched alkanes of at least 4 members (excludes halogenated alkanes) is 1. The molecule has 0 spiro atoms. The maximum Gasteiger partial charge on any atom is 0.186 e. The van der Waals surface area contributed by atoms with E-state index >= 15 is 0 Å². The van der Waals surface area contributed by atoms with Crippen molar-refractivity contribution in [2.45, 2.75) is 57.4 Å². The summed E-state index contributed by atoms with van der Waals surface area (Å²) in [6.45, 7) is 3.32. The molecule has 0 amide bonds. The molecule has 3 nitrogen and oxygen atoms in total. The van der Waals surface area contributed by atoms with Crippen LogP contribution in [0.5, 0.6) is 0 Å². The van der Waals surface area contributed by atoms with Crippen molar-refractivity contribution in [3.05, 3.63) is 10.6 Å². The normalized spacial score (nSPS) is 18.9. The topological polar surface area (TPSA) is 33.2 Å². The molecule has 1 aromatic heterocycles. The average molecular weight is 264 g/mol. The molecule has 4 heteroatoms. The number of hydrogen-bond acceptors (Lipinski definition) is 4. The molecular weight excluding hydrogens is 244 g/mol. The minimum atomic E-state index is 0.572. The van der Waals surface area contributed by atoms with Crippen molar-refractivity contribution < 1.29 is 4.79 Å². The molecule has 0 radical (unpaired) electrons. The second-order valence-electron chi connectivity index (χ2n) is 5.42. The lowest BCUT2D eigenvalue weighted by atomic mass is 10.3. The first kappa shape index (κ1) is 12.2. The average Bonchev–Trinajstić information content (AvgIpc) is 3.28. The number of anilines is 1. The molecule has 2 fully saturated rings. The smallest absolute Gasteiger partial charge is 0.186 e. The summed E-state index contributed by atoms with van der Waals surface area (Å²) in [7, 11) is 0. The van der Waals surface area contributed by atoms with Gasteiger partial charge in [-0.15, -0.1) is 0 Å². The molecule has 2 saturated carbocycles. The summed E-state index contributed by atoms with van der Waals surface area (Å²) >= 11 is 1.60. The van der Waals surface area contributed by atoms with E-state index in [4.69, 9.17) is 4.98 Å². The van der Waals surface area contributed by atoms with Gasteiger partial charge in [-0.05, 0) is 32.1 Å². The minimum absolute atomic E-state index is 0.572. The highest BCUT2D eigenvalue weighted by Crippen LogP contribution is 2.44. The number of aromatic nitrogens is 1. The van der Waals surface area contributed by atoms with E-state index in [1.54, 1.807) is 11.3 Å². The summed E-state index contributed by atoms with van der Waals surface area (Å²) in [5.74, 6) is 0.572. The van der Waals surface area contributed by atoms with E-state index in [9.17, 15) is 4.79 Å². The van der Waals surface area contributed by atoms with Gasteiger partial charge < -0.3 is 4.90 Å². The lowest BCUT2D eigenvalue weighted by Crippen LogP contribution is -2.26. The van der Waals surface area contributed by atoms with Crippen molar-refractivity contribution in [1.82, 2.24) is 4.98 Å². The molecule has 3 rings (SSSR count). The quantitative estimate of drug-likeness (QED) is 0.705. The van der Waals surface area contributed by atoms with Gasteiger partial charge in [0.15, 0.2) is 11.4 Å². The Bertz CT molecular complexity index is 435. The zero-order valence-electron chi connectivity index (χ0n) is 10.9. The third-order valence-electron chi connectivity index (χ3n) is 3.73. The number of rotatable bonds is 7. The highest BCUT2D eigenvalue weighted by atomic mass is 32.1. The van der Waals surface area contributed by atoms with Gasteiger partial charge >= 0.3 is 0 Å². The van der Waals surface area contributed by atoms with E-state index in [0.717, 1.165) is 28.5 Å². The van der Waals surface area contributed by atoms with Gasteiger partial charge in [-0.2, -0.15) is 0 Å². The zero-order chi connectivity index (χ0) is 12.5. The molecule has 18 heavy (non-hydrogen) atoms. The molecule has 0 aromatic carbocycles. The number of carbonyl (C=O) groups is 1. The van der Waals surface area contributed by atoms with Crippen LogP contribution in [-0.2, 0) is 0 Å². The van der Waals surface area contributed by atoms with Crippen molar-refractivity contribution in [3.8, 4) is 0 Å². The lowest BCUT2D eigenvalue weighted by molar-refractivity contribution is 0.112. The Balaban J connectivity index is 1.81. The van der Waals surface area contributed by atoms with Crippen LogP contribution in [0.15, 0.2) is 0 Å². The second-order valence-corrected chi connectivity index (χ2v) is 6.43. The Morgan fingerprint density at radius 3 is 2.72 bits per heavy atom. The van der Waals surface area contributed by atoms with Crippen LogP contribution in [-0.4, -0.2) is 23.9 Å². The Morgan fingerprint density at radius 2 is 2.17 bits per heavy atom. The standard InChI is InChI=1S/C14H20N2OS/c1-2-3-8-16(11-6-7-11)14-15-13(10-4-5-10)12(9-17)18-14/h9-11H,2-8H2,1H3. The summed E-state index contributed by atoms with van der Waals surface area (Å²) in [5.41, 5.74) is 1.08. The van der Waals surface area contributed by atoms with Crippen LogP contribution in [0.4, 0.5) is 5.13 Å². The van der Waals surface area contributed by atoms with Crippen molar-refractivity contribution in [2.24, 2.45) is 0 Å². The molecule has 2 aliphatic rings. The molecule has 0 saturated heterocycles. The first-order valence-electron chi connectivity index (χ1n) is 7.06. The lowest BCUT2D eigenvalue weighted by Gasteiger charge is -2.20. The summed E-state index contributed by atoms with van der Waals surface area (Å²) in [5, 5.41) is 1.09. The van der Waals surface area contributed by atoms with Gasteiger partial charge in [-0.25, -0.2) is 4.98 Å². The van der Waals surface area contributed by atoms with Crippen LogP contribution in [0.2, 0.25) is 0 Å². The Kier molecular flexibility index (Phi) is 3.37. The fraction of sp³-hybridized carbons (Fsp3) is 0.714. The number of carbonyl (C=O) groups excluding carboxylic acids is 1. The highest BCUT2D eigenvalue weighted by molar-refractivity contribution is 7.17. The van der Waals surface area contributed by atoms with E-state index < -0.39 is 0 Å². The molecule has 0 aliphatic heterocycles. The molecule has 2 aliphatic carbocycles. The van der Waals surface area contributed by atoms with Gasteiger partial charge in [0.05, 0.1) is 10.6 Å². The van der Waals surface area contributed by atoms with Crippen LogP contribution in [0.25, 0.3) is 0 Å². The van der Waals surface area contributed by atoms with Gasteiger partial charge in [-0.3, -0.25) is 4.79 Å². The highest BCUT2D eigenvalue weighted by Gasteiger charge is 2.34. The zero-order valence-corrected chi connectivity index (χ0v) is 11.7. The van der Waals surface area contributed by atoms with E-state index in [1.165, 1.54) is 38.5 Å². The number of nitrogens with zero attached hydrogens (tertiary/aromatic N) is 2. The molecule has 1 aromatic rings. The van der Waals surface area contributed by atoms with Gasteiger partial charge in [-0.1, -0.05) is 24.7 Å². The maximum absolute atomic E-state index is 11.1. The summed E-state index contributed by atoms with van der Waals surface area (Å²) in [6, 6.07) is 0.689. The predicted octanol–water partition coefficient (Wildman–Crippen LogP) is 3.60. The first-order valence-corrected chi connectivity index (χ1v) is 7.87. The largest absolute Gasteiger partial charge is 0.345 e. The molecule has 0 N–H and O–H groups in total. The molecule has 1 heterocycles. The van der Waals surface area contributed by atoms with Crippen LogP contribution in [0, 0.1) is 0 Å². The molecular formula is C14H20N2OS. The van der Waals surface area contributed by atoms with E-state index in [0.29, 0.717) is 12.0 Å². The fourth-order valence-corrected chi connectivity index (χ4v) is 3.40. The van der Waals surface area contributed by atoms with Gasteiger partial charge in [0.1, 0.15) is 0 Å². The van der Waals surface area contributed by atoms with Gasteiger partial charge in [0.25, 0.3) is 0 Å². The SMILES string of the molecule is CCCCN(c1nc(C2CC2)c(C=O)s1)C1CC1. The van der Waals surface area contributed by atoms with Crippen molar-refractivity contribution in [3.63, 3.8) is 0 Å². The van der Waals surface area contributed by atoms with Crippen LogP contribution in [0.3, 0.4) is 0 Å². The number of hydrogen-bond donors (Lipinski definition) is 0. The Hall–Kier alpha value is -0.900. The van der Waals surface area contributed by atoms with Crippen LogP contribution < -0.4 is 4.90 Å².